The van der Waals surface area contributed by atoms with Crippen molar-refractivity contribution in [2.45, 2.75) is 6.92 Å². The number of aromatic nitrogens is 1. The van der Waals surface area contributed by atoms with E-state index in [2.05, 4.69) is 10.3 Å². The van der Waals surface area contributed by atoms with Gasteiger partial charge in [0.2, 0.25) is 11.8 Å². The molecule has 2 aromatic carbocycles. The van der Waals surface area contributed by atoms with E-state index < -0.39 is 0 Å². The number of anilines is 1. The molecule has 0 saturated carbocycles. The van der Waals surface area contributed by atoms with E-state index in [-0.39, 0.29) is 5.91 Å². The molecule has 5 heteroatoms. The summed E-state index contributed by atoms with van der Waals surface area (Å²) in [7, 11) is 1.61. The van der Waals surface area contributed by atoms with Crippen LogP contribution >= 0.6 is 0 Å². The van der Waals surface area contributed by atoms with Gasteiger partial charge in [0.25, 0.3) is 0 Å². The number of hydrogen-bond acceptors (Lipinski definition) is 4. The molecule has 0 saturated heterocycles. The Balaban J connectivity index is 2.06. The molecule has 0 fully saturated rings. The minimum atomic E-state index is -0.122. The zero-order chi connectivity index (χ0) is 14.8. The lowest BCUT2D eigenvalue weighted by atomic mass is 10.2. The van der Waals surface area contributed by atoms with Crippen LogP contribution in [0.5, 0.6) is 5.75 Å². The fraction of sp³-hybridized carbons (Fsp3) is 0.125. The number of nitrogens with one attached hydrogen (secondary N) is 1. The Bertz CT molecular complexity index is 808. The van der Waals surface area contributed by atoms with E-state index >= 15 is 0 Å². The zero-order valence-corrected chi connectivity index (χ0v) is 11.7. The molecule has 0 spiro atoms. The summed E-state index contributed by atoms with van der Waals surface area (Å²) < 4.78 is 11.1. The van der Waals surface area contributed by atoms with Crippen molar-refractivity contribution in [2.75, 3.05) is 12.4 Å². The highest BCUT2D eigenvalue weighted by molar-refractivity contribution is 5.91. The third-order valence-electron chi connectivity index (χ3n) is 3.05. The lowest BCUT2D eigenvalue weighted by Gasteiger charge is -2.03. The van der Waals surface area contributed by atoms with E-state index in [0.29, 0.717) is 28.4 Å². The van der Waals surface area contributed by atoms with Crippen molar-refractivity contribution in [3.05, 3.63) is 42.5 Å². The monoisotopic (exact) mass is 282 g/mol. The molecule has 0 bridgehead atoms. The van der Waals surface area contributed by atoms with Gasteiger partial charge in [0.15, 0.2) is 5.58 Å². The summed E-state index contributed by atoms with van der Waals surface area (Å²) in [6.07, 6.45) is 0. The molecule has 0 unspecified atom stereocenters. The maximum atomic E-state index is 11.1. The first-order chi connectivity index (χ1) is 10.2. The van der Waals surface area contributed by atoms with Gasteiger partial charge in [-0.05, 0) is 30.3 Å². The molecule has 0 aliphatic heterocycles. The quantitative estimate of drug-likeness (QED) is 0.799. The Hall–Kier alpha value is -2.82. The summed E-state index contributed by atoms with van der Waals surface area (Å²) in [6, 6.07) is 12.9. The first-order valence-electron chi connectivity index (χ1n) is 6.49. The minimum absolute atomic E-state index is 0.122. The van der Waals surface area contributed by atoms with Crippen molar-refractivity contribution in [3.63, 3.8) is 0 Å². The molecule has 21 heavy (non-hydrogen) atoms. The van der Waals surface area contributed by atoms with Crippen LogP contribution in [-0.4, -0.2) is 18.0 Å². The molecule has 5 nitrogen and oxygen atoms in total. The topological polar surface area (TPSA) is 64.4 Å². The van der Waals surface area contributed by atoms with Crippen LogP contribution in [0.4, 0.5) is 5.69 Å². The average molecular weight is 282 g/mol. The first-order valence-corrected chi connectivity index (χ1v) is 6.49. The minimum Gasteiger partial charge on any atom is -0.496 e. The molecule has 0 aliphatic rings. The number of methoxy groups -OCH3 is 1. The second kappa shape index (κ2) is 5.28. The number of oxazole rings is 1. The molecule has 106 valence electrons. The summed E-state index contributed by atoms with van der Waals surface area (Å²) in [6.45, 7) is 1.47. The van der Waals surface area contributed by atoms with Gasteiger partial charge in [-0.2, -0.15) is 0 Å². The van der Waals surface area contributed by atoms with E-state index in [1.807, 2.05) is 24.3 Å². The second-order valence-corrected chi connectivity index (χ2v) is 4.58. The van der Waals surface area contributed by atoms with Crippen molar-refractivity contribution in [3.8, 4) is 17.2 Å². The van der Waals surface area contributed by atoms with Gasteiger partial charge in [-0.3, -0.25) is 4.79 Å². The van der Waals surface area contributed by atoms with Crippen molar-refractivity contribution < 1.29 is 13.9 Å². The van der Waals surface area contributed by atoms with Crippen LogP contribution in [0.1, 0.15) is 6.92 Å². The van der Waals surface area contributed by atoms with Crippen molar-refractivity contribution in [1.82, 2.24) is 4.98 Å². The first kappa shape index (κ1) is 13.2. The number of carbonyl (C=O) groups is 1. The Morgan fingerprint density at radius 3 is 2.81 bits per heavy atom. The molecule has 0 atom stereocenters. The van der Waals surface area contributed by atoms with Gasteiger partial charge >= 0.3 is 0 Å². The van der Waals surface area contributed by atoms with Gasteiger partial charge in [-0.1, -0.05) is 12.1 Å². The van der Waals surface area contributed by atoms with Gasteiger partial charge in [-0.15, -0.1) is 0 Å². The smallest absolute Gasteiger partial charge is 0.231 e. The van der Waals surface area contributed by atoms with Crippen molar-refractivity contribution >= 4 is 22.7 Å². The lowest BCUT2D eigenvalue weighted by molar-refractivity contribution is -0.114. The molecule has 1 amide bonds. The van der Waals surface area contributed by atoms with E-state index in [9.17, 15) is 4.79 Å². The summed E-state index contributed by atoms with van der Waals surface area (Å²) in [4.78, 5) is 15.5. The van der Waals surface area contributed by atoms with E-state index in [1.165, 1.54) is 6.92 Å². The number of para-hydroxylation sites is 1. The van der Waals surface area contributed by atoms with Gasteiger partial charge in [0.1, 0.15) is 11.3 Å². The Morgan fingerprint density at radius 1 is 1.24 bits per heavy atom. The van der Waals surface area contributed by atoms with Crippen LogP contribution in [0.15, 0.2) is 46.9 Å². The highest BCUT2D eigenvalue weighted by Crippen LogP contribution is 2.32. The number of amides is 1. The number of nitrogens with zero attached hydrogens (tertiary/aromatic N) is 1. The average Bonchev–Trinajstić information content (AvgIpc) is 2.89. The van der Waals surface area contributed by atoms with Crippen molar-refractivity contribution in [2.24, 2.45) is 0 Å². The highest BCUT2D eigenvalue weighted by Gasteiger charge is 2.13. The summed E-state index contributed by atoms with van der Waals surface area (Å²) in [5.74, 6) is 1.07. The lowest BCUT2D eigenvalue weighted by Crippen LogP contribution is -2.05. The molecule has 1 N–H and O–H groups in total. The van der Waals surface area contributed by atoms with Crippen molar-refractivity contribution in [1.29, 1.82) is 0 Å². The maximum absolute atomic E-state index is 11.1. The second-order valence-electron chi connectivity index (χ2n) is 4.58. The van der Waals surface area contributed by atoms with Crippen LogP contribution in [0.2, 0.25) is 0 Å². The summed E-state index contributed by atoms with van der Waals surface area (Å²) in [5, 5.41) is 2.72. The largest absolute Gasteiger partial charge is 0.496 e. The van der Waals surface area contributed by atoms with Gasteiger partial charge in [0.05, 0.1) is 12.7 Å². The van der Waals surface area contributed by atoms with Crippen LogP contribution in [0, 0.1) is 0 Å². The molecule has 1 aromatic heterocycles. The van der Waals surface area contributed by atoms with Crippen LogP contribution in [0.25, 0.3) is 22.6 Å². The normalized spacial score (nSPS) is 10.6. The maximum Gasteiger partial charge on any atom is 0.231 e. The van der Waals surface area contributed by atoms with E-state index in [4.69, 9.17) is 9.15 Å². The molecule has 1 heterocycles. The number of carbonyl (C=O) groups excluding carboxylic acids is 1. The Labute approximate surface area is 121 Å². The third kappa shape index (κ3) is 2.58. The van der Waals surface area contributed by atoms with E-state index in [0.717, 1.165) is 5.56 Å². The predicted octanol–water partition coefficient (Wildman–Crippen LogP) is 3.46. The van der Waals surface area contributed by atoms with Crippen LogP contribution < -0.4 is 10.1 Å². The molecule has 3 rings (SSSR count). The Morgan fingerprint density at radius 2 is 2.05 bits per heavy atom. The van der Waals surface area contributed by atoms with Crippen LogP contribution in [-0.2, 0) is 4.79 Å². The Kier molecular flexibility index (Phi) is 3.31. The number of fused-ring (bicyclic) bond motifs is 1. The summed E-state index contributed by atoms with van der Waals surface area (Å²) in [5.41, 5.74) is 2.82. The molecular formula is C16H14N2O3. The molecular weight excluding hydrogens is 268 g/mol. The fourth-order valence-electron chi connectivity index (χ4n) is 2.14. The number of rotatable bonds is 3. The standard InChI is InChI=1S/C16H14N2O3/c1-10(19)17-11-7-8-15-13(9-11)18-16(21-15)12-5-3-4-6-14(12)20-2/h3-9H,1-2H3,(H,17,19). The third-order valence-corrected chi connectivity index (χ3v) is 3.05. The molecule has 3 aromatic rings. The predicted molar refractivity (Wildman–Crippen MR) is 80.3 cm³/mol. The SMILES string of the molecule is COc1ccccc1-c1nc2cc(NC(C)=O)ccc2o1. The number of ether oxygens (including phenoxy) is 1. The van der Waals surface area contributed by atoms with Crippen LogP contribution in [0.3, 0.4) is 0 Å². The van der Waals surface area contributed by atoms with Gasteiger partial charge < -0.3 is 14.5 Å². The van der Waals surface area contributed by atoms with Gasteiger partial charge in [0, 0.05) is 12.6 Å². The number of benzene rings is 2. The van der Waals surface area contributed by atoms with Gasteiger partial charge in [-0.25, -0.2) is 4.98 Å². The summed E-state index contributed by atoms with van der Waals surface area (Å²) >= 11 is 0. The zero-order valence-electron chi connectivity index (χ0n) is 11.7. The molecule has 0 aliphatic carbocycles. The van der Waals surface area contributed by atoms with E-state index in [1.54, 1.807) is 25.3 Å². The number of hydrogen-bond donors (Lipinski definition) is 1. The fourth-order valence-corrected chi connectivity index (χ4v) is 2.14. The highest BCUT2D eigenvalue weighted by atomic mass is 16.5. The molecule has 0 radical (unpaired) electrons.